The van der Waals surface area contributed by atoms with Gasteiger partial charge >= 0.3 is 4.87 Å². The van der Waals surface area contributed by atoms with Crippen LogP contribution in [0, 0.1) is 12.8 Å². The van der Waals surface area contributed by atoms with Crippen molar-refractivity contribution in [3.05, 3.63) is 50.3 Å². The van der Waals surface area contributed by atoms with Crippen molar-refractivity contribution in [3.63, 3.8) is 0 Å². The molecule has 0 saturated heterocycles. The number of oxazole rings is 1. The van der Waals surface area contributed by atoms with Gasteiger partial charge in [-0.1, -0.05) is 30.2 Å². The number of thiazole rings is 1. The van der Waals surface area contributed by atoms with Crippen molar-refractivity contribution < 1.29 is 24.1 Å². The average molecular weight is 461 g/mol. The number of hydrogen-bond acceptors (Lipinski definition) is 8. The zero-order chi connectivity index (χ0) is 22.7. The molecule has 1 aromatic carbocycles. The van der Waals surface area contributed by atoms with Crippen LogP contribution in [-0.4, -0.2) is 33.4 Å². The number of benzene rings is 1. The summed E-state index contributed by atoms with van der Waals surface area (Å²) in [6.45, 7) is 2.24. The molecule has 0 amide bonds. The molecule has 3 atom stereocenters. The number of nitrogens with zero attached hydrogens (tertiary/aromatic N) is 1. The first kappa shape index (κ1) is 22.6. The molecule has 3 N–H and O–H groups in total. The molecular formula is C23H28N2O6S. The molecular weight excluding hydrogens is 432 g/mol. The molecule has 1 aliphatic rings. The lowest BCUT2D eigenvalue weighted by Gasteiger charge is -2.30. The fourth-order valence-corrected chi connectivity index (χ4v) is 4.95. The van der Waals surface area contributed by atoms with E-state index in [9.17, 15) is 15.0 Å². The van der Waals surface area contributed by atoms with Gasteiger partial charge in [0.15, 0.2) is 0 Å². The Morgan fingerprint density at radius 3 is 2.97 bits per heavy atom. The lowest BCUT2D eigenvalue weighted by atomic mass is 9.83. The Kier molecular flexibility index (Phi) is 6.98. The van der Waals surface area contributed by atoms with Gasteiger partial charge in [-0.15, -0.1) is 0 Å². The lowest BCUT2D eigenvalue weighted by Crippen LogP contribution is -2.24. The third-order valence-corrected chi connectivity index (χ3v) is 6.89. The Morgan fingerprint density at radius 1 is 1.38 bits per heavy atom. The van der Waals surface area contributed by atoms with Crippen molar-refractivity contribution in [1.29, 1.82) is 0 Å². The van der Waals surface area contributed by atoms with Gasteiger partial charge in [-0.3, -0.25) is 9.78 Å². The van der Waals surface area contributed by atoms with Gasteiger partial charge in [0, 0.05) is 5.56 Å². The second kappa shape index (κ2) is 9.89. The van der Waals surface area contributed by atoms with E-state index < -0.39 is 6.10 Å². The smallest absolute Gasteiger partial charge is 0.307 e. The zero-order valence-corrected chi connectivity index (χ0v) is 19.0. The average Bonchev–Trinajstić information content (AvgIpc) is 3.33. The number of aliphatic hydroxyl groups is 1. The van der Waals surface area contributed by atoms with E-state index in [1.165, 1.54) is 0 Å². The molecule has 0 aliphatic heterocycles. The number of aromatic amines is 1. The largest absolute Gasteiger partial charge is 0.497 e. The molecule has 1 aliphatic carbocycles. The molecule has 4 rings (SSSR count). The first-order valence-corrected chi connectivity index (χ1v) is 11.6. The van der Waals surface area contributed by atoms with E-state index in [1.54, 1.807) is 7.11 Å². The van der Waals surface area contributed by atoms with Gasteiger partial charge in [0.05, 0.1) is 30.8 Å². The third kappa shape index (κ3) is 5.23. The van der Waals surface area contributed by atoms with E-state index in [1.807, 2.05) is 31.2 Å². The molecule has 2 aromatic heterocycles. The normalized spacial score (nSPS) is 19.7. The Hall–Kier alpha value is -2.62. The predicted octanol–water partition coefficient (Wildman–Crippen LogP) is 4.31. The highest BCUT2D eigenvalue weighted by molar-refractivity contribution is 7.09. The first-order chi connectivity index (χ1) is 15.4. The van der Waals surface area contributed by atoms with Crippen molar-refractivity contribution in [1.82, 2.24) is 9.97 Å². The summed E-state index contributed by atoms with van der Waals surface area (Å²) in [4.78, 5) is 18.2. The highest BCUT2D eigenvalue weighted by Crippen LogP contribution is 2.36. The van der Waals surface area contributed by atoms with Gasteiger partial charge in [0.2, 0.25) is 11.8 Å². The summed E-state index contributed by atoms with van der Waals surface area (Å²) >= 11 is 0.855. The number of aromatic hydroxyl groups is 1. The molecule has 0 bridgehead atoms. The number of aliphatic hydroxyl groups excluding tert-OH is 1. The van der Waals surface area contributed by atoms with Crippen molar-refractivity contribution in [2.24, 2.45) is 5.92 Å². The predicted molar refractivity (Wildman–Crippen MR) is 120 cm³/mol. The Labute approximate surface area is 189 Å². The molecule has 9 heteroatoms. The van der Waals surface area contributed by atoms with Crippen molar-refractivity contribution in [2.45, 2.75) is 57.8 Å². The second-order valence-electron chi connectivity index (χ2n) is 8.20. The van der Waals surface area contributed by atoms with E-state index in [0.717, 1.165) is 59.8 Å². The minimum absolute atomic E-state index is 0.0656. The quantitative estimate of drug-likeness (QED) is 0.458. The fraction of sp³-hybridized carbons (Fsp3) is 0.478. The van der Waals surface area contributed by atoms with E-state index in [0.29, 0.717) is 23.8 Å². The Morgan fingerprint density at radius 2 is 2.22 bits per heavy atom. The fourth-order valence-electron chi connectivity index (χ4n) is 4.23. The molecule has 2 heterocycles. The van der Waals surface area contributed by atoms with Crippen LogP contribution < -0.4 is 9.61 Å². The maximum Gasteiger partial charge on any atom is 0.307 e. The number of H-pyrrole nitrogens is 1. The number of rotatable bonds is 8. The van der Waals surface area contributed by atoms with Crippen LogP contribution in [0.5, 0.6) is 11.6 Å². The summed E-state index contributed by atoms with van der Waals surface area (Å²) < 4.78 is 17.3. The number of nitrogens with one attached hydrogen (secondary N) is 1. The summed E-state index contributed by atoms with van der Waals surface area (Å²) in [6.07, 6.45) is 3.46. The second-order valence-corrected chi connectivity index (χ2v) is 9.21. The monoisotopic (exact) mass is 460 g/mol. The summed E-state index contributed by atoms with van der Waals surface area (Å²) in [6, 6.07) is 7.57. The highest BCUT2D eigenvalue weighted by Gasteiger charge is 2.27. The van der Waals surface area contributed by atoms with Crippen LogP contribution in [0.25, 0.3) is 11.5 Å². The van der Waals surface area contributed by atoms with Crippen LogP contribution in [0.4, 0.5) is 0 Å². The summed E-state index contributed by atoms with van der Waals surface area (Å²) in [5, 5.41) is 20.2. The summed E-state index contributed by atoms with van der Waals surface area (Å²) in [5.74, 6) is 2.03. The van der Waals surface area contributed by atoms with Gasteiger partial charge in [-0.05, 0) is 50.3 Å². The highest BCUT2D eigenvalue weighted by atomic mass is 32.1. The molecule has 8 nitrogen and oxygen atoms in total. The van der Waals surface area contributed by atoms with Crippen LogP contribution in [0.1, 0.15) is 54.5 Å². The Bertz CT molecular complexity index is 1100. The minimum atomic E-state index is -0.856. The van der Waals surface area contributed by atoms with Gasteiger partial charge in [0.1, 0.15) is 17.2 Å². The summed E-state index contributed by atoms with van der Waals surface area (Å²) in [7, 11) is 1.62. The van der Waals surface area contributed by atoms with E-state index in [2.05, 4.69) is 9.97 Å². The topological polar surface area (TPSA) is 118 Å². The maximum absolute atomic E-state index is 11.4. The molecule has 32 heavy (non-hydrogen) atoms. The van der Waals surface area contributed by atoms with Crippen molar-refractivity contribution in [3.8, 4) is 23.1 Å². The van der Waals surface area contributed by atoms with E-state index in [-0.39, 0.29) is 22.8 Å². The van der Waals surface area contributed by atoms with Crippen LogP contribution >= 0.6 is 11.3 Å². The lowest BCUT2D eigenvalue weighted by molar-refractivity contribution is -0.00718. The standard InChI is InChI=1S/C23H28N2O6S/c1-13-18(24-22(31-13)15-6-4-7-16(11-15)29-2)12-30-17-8-3-5-14(9-17)10-19(26)20-21(27)25-23(28)32-20/h4,6-7,11,14,17,19,26-27H,3,5,8-10,12H2,1-2H3,(H,25,28)/t14-,17+,19?/m1/s1. The van der Waals surface area contributed by atoms with Crippen LogP contribution in [-0.2, 0) is 11.3 Å². The Balaban J connectivity index is 1.34. The van der Waals surface area contributed by atoms with Crippen LogP contribution in [0.15, 0.2) is 33.5 Å². The molecule has 172 valence electrons. The van der Waals surface area contributed by atoms with Crippen LogP contribution in [0.2, 0.25) is 0 Å². The number of methoxy groups -OCH3 is 1. The summed E-state index contributed by atoms with van der Waals surface area (Å²) in [5.41, 5.74) is 1.62. The first-order valence-electron chi connectivity index (χ1n) is 10.7. The number of hydrogen-bond donors (Lipinski definition) is 3. The van der Waals surface area contributed by atoms with Crippen molar-refractivity contribution >= 4 is 11.3 Å². The van der Waals surface area contributed by atoms with Gasteiger partial charge in [-0.25, -0.2) is 4.98 Å². The van der Waals surface area contributed by atoms with Gasteiger partial charge < -0.3 is 24.1 Å². The number of ether oxygens (including phenoxy) is 2. The van der Waals surface area contributed by atoms with E-state index >= 15 is 0 Å². The molecule has 3 aromatic rings. The van der Waals surface area contributed by atoms with Crippen LogP contribution in [0.3, 0.4) is 0 Å². The van der Waals surface area contributed by atoms with Crippen molar-refractivity contribution in [2.75, 3.05) is 7.11 Å². The SMILES string of the molecule is COc1cccc(-c2nc(CO[C@H]3CCC[C@@H](CC(O)c4sc(=O)[nH]c4O)C3)c(C)o2)c1. The maximum atomic E-state index is 11.4. The van der Waals surface area contributed by atoms with Gasteiger partial charge in [0.25, 0.3) is 0 Å². The zero-order valence-electron chi connectivity index (χ0n) is 18.2. The minimum Gasteiger partial charge on any atom is -0.497 e. The third-order valence-electron chi connectivity index (χ3n) is 5.92. The molecule has 0 spiro atoms. The molecule has 1 unspecified atom stereocenters. The number of aryl methyl sites for hydroxylation is 1. The molecule has 0 radical (unpaired) electrons. The molecule has 1 fully saturated rings. The van der Waals surface area contributed by atoms with E-state index in [4.69, 9.17) is 13.9 Å². The molecule has 1 saturated carbocycles. The van der Waals surface area contributed by atoms with Gasteiger partial charge in [-0.2, -0.15) is 0 Å². The number of aromatic nitrogens is 2.